The molecule has 0 saturated carbocycles. The second kappa shape index (κ2) is 9.71. The highest BCUT2D eigenvalue weighted by molar-refractivity contribution is 7.17. The van der Waals surface area contributed by atoms with Crippen molar-refractivity contribution >= 4 is 45.7 Å². The molecule has 1 aliphatic heterocycles. The van der Waals surface area contributed by atoms with Crippen LogP contribution in [0.2, 0.25) is 5.02 Å². The fourth-order valence-electron chi connectivity index (χ4n) is 3.02. The van der Waals surface area contributed by atoms with Gasteiger partial charge in [0, 0.05) is 24.3 Å². The van der Waals surface area contributed by atoms with E-state index in [4.69, 9.17) is 16.3 Å². The number of hydrogen-bond acceptors (Lipinski definition) is 8. The summed E-state index contributed by atoms with van der Waals surface area (Å²) >= 11 is 7.00. The molecule has 3 heterocycles. The molecule has 3 aromatic rings. The van der Waals surface area contributed by atoms with Crippen molar-refractivity contribution in [2.45, 2.75) is 13.0 Å². The van der Waals surface area contributed by atoms with Crippen molar-refractivity contribution in [2.24, 2.45) is 0 Å². The second-order valence-corrected chi connectivity index (χ2v) is 8.12. The molecular formula is C20H19ClN6O3S. The van der Waals surface area contributed by atoms with Gasteiger partial charge >= 0.3 is 0 Å². The quantitative estimate of drug-likeness (QED) is 0.584. The van der Waals surface area contributed by atoms with E-state index in [9.17, 15) is 9.59 Å². The van der Waals surface area contributed by atoms with Gasteiger partial charge in [-0.3, -0.25) is 14.9 Å². The Morgan fingerprint density at radius 1 is 1.26 bits per heavy atom. The Bertz CT molecular complexity index is 1070. The molecule has 2 N–H and O–H groups in total. The van der Waals surface area contributed by atoms with E-state index in [1.54, 1.807) is 35.4 Å². The molecule has 0 aliphatic carbocycles. The number of hydrogen-bond donors (Lipinski definition) is 2. The van der Waals surface area contributed by atoms with Gasteiger partial charge in [-0.15, -0.1) is 5.10 Å². The number of amides is 2. The fourth-order valence-corrected chi connectivity index (χ4v) is 3.74. The van der Waals surface area contributed by atoms with Crippen molar-refractivity contribution in [1.82, 2.24) is 20.5 Å². The lowest BCUT2D eigenvalue weighted by atomic mass is 10.2. The van der Waals surface area contributed by atoms with E-state index in [0.29, 0.717) is 46.4 Å². The van der Waals surface area contributed by atoms with Gasteiger partial charge in [0.1, 0.15) is 12.4 Å². The molecule has 1 aliphatic rings. The number of halogens is 1. The van der Waals surface area contributed by atoms with Crippen LogP contribution in [-0.4, -0.2) is 46.6 Å². The Balaban J connectivity index is 1.42. The molecule has 0 bridgehead atoms. The number of carbonyl (C=O) groups excluding carboxylic acids is 2. The van der Waals surface area contributed by atoms with E-state index in [1.807, 2.05) is 12.1 Å². The van der Waals surface area contributed by atoms with Crippen LogP contribution in [0.1, 0.15) is 22.3 Å². The van der Waals surface area contributed by atoms with Crippen molar-refractivity contribution in [1.29, 1.82) is 0 Å². The Morgan fingerprint density at radius 2 is 2.10 bits per heavy atom. The van der Waals surface area contributed by atoms with Crippen LogP contribution in [0, 0.1) is 0 Å². The van der Waals surface area contributed by atoms with Crippen LogP contribution >= 0.6 is 22.9 Å². The first kappa shape index (κ1) is 21.0. The van der Waals surface area contributed by atoms with Crippen molar-refractivity contribution < 1.29 is 14.3 Å². The van der Waals surface area contributed by atoms with Crippen molar-refractivity contribution in [3.05, 3.63) is 58.7 Å². The number of benzene rings is 1. The zero-order valence-electron chi connectivity index (χ0n) is 16.4. The third kappa shape index (κ3) is 5.47. The summed E-state index contributed by atoms with van der Waals surface area (Å²) in [6, 6.07) is 10.6. The molecule has 31 heavy (non-hydrogen) atoms. The molecule has 0 spiro atoms. The molecule has 9 nitrogen and oxygen atoms in total. The van der Waals surface area contributed by atoms with Crippen molar-refractivity contribution in [3.63, 3.8) is 0 Å². The highest BCUT2D eigenvalue weighted by atomic mass is 35.5. The summed E-state index contributed by atoms with van der Waals surface area (Å²) in [6.07, 6.45) is 2.37. The predicted molar refractivity (Wildman–Crippen MR) is 118 cm³/mol. The Hall–Kier alpha value is -3.24. The zero-order valence-corrected chi connectivity index (χ0v) is 17.9. The number of rotatable bonds is 6. The first-order valence-electron chi connectivity index (χ1n) is 9.57. The zero-order chi connectivity index (χ0) is 21.6. The summed E-state index contributed by atoms with van der Waals surface area (Å²) in [7, 11) is 0. The Morgan fingerprint density at radius 3 is 2.94 bits per heavy atom. The third-order valence-electron chi connectivity index (χ3n) is 4.49. The van der Waals surface area contributed by atoms with Gasteiger partial charge in [-0.25, -0.2) is 4.98 Å². The molecule has 0 atom stereocenters. The minimum Gasteiger partial charge on any atom is -0.464 e. The SMILES string of the molecule is O=C1CN(c2ncccc2C(=O)Nc2nnc(OCc3ccc(Cl)cc3)s2)CCCN1. The minimum absolute atomic E-state index is 0.0962. The second-order valence-electron chi connectivity index (χ2n) is 6.74. The maximum absolute atomic E-state index is 12.9. The third-order valence-corrected chi connectivity index (χ3v) is 5.50. The van der Waals surface area contributed by atoms with E-state index in [0.717, 1.165) is 23.3 Å². The van der Waals surface area contributed by atoms with Gasteiger partial charge in [0.05, 0.1) is 12.1 Å². The van der Waals surface area contributed by atoms with E-state index in [-0.39, 0.29) is 18.4 Å². The molecule has 1 aromatic carbocycles. The lowest BCUT2D eigenvalue weighted by molar-refractivity contribution is -0.119. The topological polar surface area (TPSA) is 109 Å². The Labute approximate surface area is 187 Å². The number of carbonyl (C=O) groups is 2. The number of ether oxygens (including phenoxy) is 1. The largest absolute Gasteiger partial charge is 0.464 e. The van der Waals surface area contributed by atoms with E-state index in [1.165, 1.54) is 0 Å². The fraction of sp³-hybridized carbons (Fsp3) is 0.250. The van der Waals surface area contributed by atoms with Crippen molar-refractivity contribution in [3.8, 4) is 5.19 Å². The first-order chi connectivity index (χ1) is 15.1. The monoisotopic (exact) mass is 458 g/mol. The average molecular weight is 459 g/mol. The summed E-state index contributed by atoms with van der Waals surface area (Å²) in [5, 5.41) is 14.8. The van der Waals surface area contributed by atoms with Gasteiger partial charge in [0.25, 0.3) is 11.1 Å². The summed E-state index contributed by atoms with van der Waals surface area (Å²) in [5.74, 6) is -0.0185. The van der Waals surface area contributed by atoms with Gasteiger partial charge in [-0.05, 0) is 47.6 Å². The van der Waals surface area contributed by atoms with Crippen molar-refractivity contribution in [2.75, 3.05) is 29.9 Å². The highest BCUT2D eigenvalue weighted by Gasteiger charge is 2.22. The highest BCUT2D eigenvalue weighted by Crippen LogP contribution is 2.25. The van der Waals surface area contributed by atoms with Crippen LogP contribution in [0.15, 0.2) is 42.6 Å². The predicted octanol–water partition coefficient (Wildman–Crippen LogP) is 2.74. The molecule has 2 amide bonds. The maximum Gasteiger partial charge on any atom is 0.296 e. The van der Waals surface area contributed by atoms with Crippen LogP contribution in [0.3, 0.4) is 0 Å². The van der Waals surface area contributed by atoms with Gasteiger partial charge in [-0.2, -0.15) is 0 Å². The van der Waals surface area contributed by atoms with E-state index in [2.05, 4.69) is 25.8 Å². The molecule has 4 rings (SSSR count). The van der Waals surface area contributed by atoms with Crippen LogP contribution in [0.4, 0.5) is 10.9 Å². The summed E-state index contributed by atoms with van der Waals surface area (Å²) in [6.45, 7) is 1.69. The molecule has 1 fully saturated rings. The van der Waals surface area contributed by atoms with Crippen LogP contribution < -0.4 is 20.3 Å². The first-order valence-corrected chi connectivity index (χ1v) is 10.8. The molecule has 1 saturated heterocycles. The standard InChI is InChI=1S/C20H19ClN6O3S/c21-14-6-4-13(5-7-14)12-30-20-26-25-19(31-20)24-18(29)15-3-1-8-23-17(15)27-10-2-9-22-16(28)11-27/h1,3-8H,2,9-12H2,(H,22,28)(H,24,25,29). The Kier molecular flexibility index (Phi) is 6.58. The number of aromatic nitrogens is 3. The molecule has 2 aromatic heterocycles. The summed E-state index contributed by atoms with van der Waals surface area (Å²) in [5.41, 5.74) is 1.29. The van der Waals surface area contributed by atoms with E-state index >= 15 is 0 Å². The van der Waals surface area contributed by atoms with Gasteiger partial charge in [0.2, 0.25) is 11.0 Å². The van der Waals surface area contributed by atoms with Gasteiger partial charge in [0.15, 0.2) is 0 Å². The number of anilines is 2. The average Bonchev–Trinajstić information content (AvgIpc) is 3.11. The number of pyridine rings is 1. The summed E-state index contributed by atoms with van der Waals surface area (Å²) in [4.78, 5) is 30.9. The molecule has 160 valence electrons. The molecule has 0 radical (unpaired) electrons. The maximum atomic E-state index is 12.9. The van der Waals surface area contributed by atoms with Gasteiger partial charge in [-0.1, -0.05) is 28.8 Å². The number of nitrogens with one attached hydrogen (secondary N) is 2. The smallest absolute Gasteiger partial charge is 0.296 e. The molecular weight excluding hydrogens is 440 g/mol. The van der Waals surface area contributed by atoms with Crippen LogP contribution in [0.25, 0.3) is 0 Å². The lowest BCUT2D eigenvalue weighted by Gasteiger charge is -2.22. The molecule has 0 unspecified atom stereocenters. The van der Waals surface area contributed by atoms with Gasteiger partial charge < -0.3 is 15.0 Å². The minimum atomic E-state index is -0.381. The lowest BCUT2D eigenvalue weighted by Crippen LogP contribution is -2.34. The van der Waals surface area contributed by atoms with Crippen LogP contribution in [0.5, 0.6) is 5.19 Å². The summed E-state index contributed by atoms with van der Waals surface area (Å²) < 4.78 is 5.63. The van der Waals surface area contributed by atoms with E-state index < -0.39 is 0 Å². The van der Waals surface area contributed by atoms with Crippen LogP contribution in [-0.2, 0) is 11.4 Å². The normalized spacial score (nSPS) is 14.0. The number of nitrogens with zero attached hydrogens (tertiary/aromatic N) is 4. The molecule has 11 heteroatoms.